The van der Waals surface area contributed by atoms with E-state index in [1.165, 1.54) is 6.92 Å². The van der Waals surface area contributed by atoms with E-state index in [0.717, 1.165) is 22.4 Å². The van der Waals surface area contributed by atoms with Crippen molar-refractivity contribution in [3.05, 3.63) is 65.4 Å². The first kappa shape index (κ1) is 24.5. The molecule has 1 fully saturated rings. The van der Waals surface area contributed by atoms with Crippen molar-refractivity contribution in [2.24, 2.45) is 0 Å². The zero-order valence-electron chi connectivity index (χ0n) is 20.4. The zero-order valence-corrected chi connectivity index (χ0v) is 21.1. The van der Waals surface area contributed by atoms with Gasteiger partial charge in [-0.25, -0.2) is 15.0 Å². The van der Waals surface area contributed by atoms with E-state index in [1.807, 2.05) is 53.4 Å². The van der Waals surface area contributed by atoms with E-state index in [9.17, 15) is 9.59 Å². The maximum Gasteiger partial charge on any atom is 0.254 e. The Kier molecular flexibility index (Phi) is 7.18. The van der Waals surface area contributed by atoms with E-state index >= 15 is 0 Å². The molecule has 37 heavy (non-hydrogen) atoms. The van der Waals surface area contributed by atoms with Gasteiger partial charge in [0.15, 0.2) is 5.82 Å². The molecule has 0 saturated carbocycles. The molecule has 2 amide bonds. The summed E-state index contributed by atoms with van der Waals surface area (Å²) in [5.41, 5.74) is 3.16. The number of benzene rings is 2. The van der Waals surface area contributed by atoms with Crippen molar-refractivity contribution >= 4 is 46.1 Å². The van der Waals surface area contributed by atoms with Crippen molar-refractivity contribution in [3.63, 3.8) is 0 Å². The van der Waals surface area contributed by atoms with Crippen LogP contribution < -0.4 is 15.5 Å². The summed E-state index contributed by atoms with van der Waals surface area (Å²) in [5.74, 6) is 1.92. The summed E-state index contributed by atoms with van der Waals surface area (Å²) in [6.07, 6.45) is 1.63. The van der Waals surface area contributed by atoms with Gasteiger partial charge in [-0.3, -0.25) is 9.59 Å². The van der Waals surface area contributed by atoms with Gasteiger partial charge in [-0.05, 0) is 42.5 Å². The summed E-state index contributed by atoms with van der Waals surface area (Å²) in [7, 11) is 0. The largest absolute Gasteiger partial charge is 0.368 e. The molecule has 3 N–H and O–H groups in total. The molecule has 4 aromatic rings. The number of aromatic nitrogens is 4. The average Bonchev–Trinajstić information content (AvgIpc) is 3.39. The van der Waals surface area contributed by atoms with Crippen LogP contribution in [0.2, 0.25) is 5.02 Å². The quantitative estimate of drug-likeness (QED) is 0.321. The fraction of sp³-hybridized carbons (Fsp3) is 0.269. The van der Waals surface area contributed by atoms with Crippen LogP contribution in [0.15, 0.2) is 54.9 Å². The lowest BCUT2D eigenvalue weighted by molar-refractivity contribution is -0.118. The molecule has 0 aliphatic carbocycles. The summed E-state index contributed by atoms with van der Waals surface area (Å²) in [4.78, 5) is 45.1. The second-order valence-electron chi connectivity index (χ2n) is 8.77. The van der Waals surface area contributed by atoms with Gasteiger partial charge in [-0.2, -0.15) is 0 Å². The fourth-order valence-corrected chi connectivity index (χ4v) is 4.36. The lowest BCUT2D eigenvalue weighted by Crippen LogP contribution is -2.49. The summed E-state index contributed by atoms with van der Waals surface area (Å²) in [6.45, 7) is 4.92. The number of H-pyrrole nitrogens is 1. The lowest BCUT2D eigenvalue weighted by atomic mass is 10.1. The smallest absolute Gasteiger partial charge is 0.254 e. The van der Waals surface area contributed by atoms with Crippen LogP contribution >= 0.6 is 11.6 Å². The van der Waals surface area contributed by atoms with Gasteiger partial charge in [-0.15, -0.1) is 0 Å². The highest BCUT2D eigenvalue weighted by atomic mass is 35.5. The topological polar surface area (TPSA) is 119 Å². The number of piperazine rings is 1. The van der Waals surface area contributed by atoms with Gasteiger partial charge in [0.2, 0.25) is 5.91 Å². The number of aromatic amines is 1. The minimum atomic E-state index is -0.0799. The van der Waals surface area contributed by atoms with Crippen LogP contribution in [-0.4, -0.2) is 75.9 Å². The van der Waals surface area contributed by atoms with Crippen LogP contribution in [0, 0.1) is 0 Å². The summed E-state index contributed by atoms with van der Waals surface area (Å²) in [5, 5.41) is 6.68. The van der Waals surface area contributed by atoms with Crippen molar-refractivity contribution in [2.45, 2.75) is 6.92 Å². The Balaban J connectivity index is 1.31. The molecule has 2 aromatic carbocycles. The zero-order chi connectivity index (χ0) is 25.8. The molecule has 2 aromatic heterocycles. The molecule has 1 aliphatic heterocycles. The van der Waals surface area contributed by atoms with Gasteiger partial charge >= 0.3 is 0 Å². The number of carbonyl (C=O) groups is 2. The summed E-state index contributed by atoms with van der Waals surface area (Å²) >= 11 is 6.07. The van der Waals surface area contributed by atoms with Gasteiger partial charge in [-0.1, -0.05) is 11.6 Å². The maximum atomic E-state index is 13.1. The molecule has 3 heterocycles. The molecule has 10 nitrogen and oxygen atoms in total. The first-order valence-electron chi connectivity index (χ1n) is 12.1. The Morgan fingerprint density at radius 2 is 1.78 bits per heavy atom. The number of amides is 2. The molecule has 1 saturated heterocycles. The third-order valence-electron chi connectivity index (χ3n) is 6.18. The number of imidazole rings is 1. The summed E-state index contributed by atoms with van der Waals surface area (Å²) in [6, 6.07) is 14.8. The molecule has 5 rings (SSSR count). The number of fused-ring (bicyclic) bond motifs is 1. The van der Waals surface area contributed by atoms with Gasteiger partial charge in [0.05, 0.1) is 17.4 Å². The minimum Gasteiger partial charge on any atom is -0.368 e. The van der Waals surface area contributed by atoms with Gasteiger partial charge in [0, 0.05) is 68.4 Å². The van der Waals surface area contributed by atoms with Crippen LogP contribution in [0.1, 0.15) is 17.3 Å². The summed E-state index contributed by atoms with van der Waals surface area (Å²) < 4.78 is 0. The van der Waals surface area contributed by atoms with Crippen molar-refractivity contribution in [1.29, 1.82) is 0 Å². The molecule has 0 bridgehead atoms. The van der Waals surface area contributed by atoms with E-state index in [0.29, 0.717) is 61.5 Å². The number of nitrogens with one attached hydrogen (secondary N) is 3. The first-order chi connectivity index (χ1) is 18.0. The molecule has 0 unspecified atom stereocenters. The highest BCUT2D eigenvalue weighted by Gasteiger charge is 2.24. The van der Waals surface area contributed by atoms with Crippen LogP contribution in [-0.2, 0) is 4.79 Å². The van der Waals surface area contributed by atoms with Crippen LogP contribution in [0.25, 0.3) is 22.4 Å². The van der Waals surface area contributed by atoms with E-state index in [-0.39, 0.29) is 11.8 Å². The number of anilines is 2. The Bertz CT molecular complexity index is 1410. The second-order valence-corrected chi connectivity index (χ2v) is 9.20. The number of rotatable bonds is 7. The highest BCUT2D eigenvalue weighted by molar-refractivity contribution is 6.30. The molecule has 11 heteroatoms. The maximum absolute atomic E-state index is 13.1. The molecule has 190 valence electrons. The minimum absolute atomic E-state index is 0.00517. The third-order valence-corrected chi connectivity index (χ3v) is 6.43. The van der Waals surface area contributed by atoms with Crippen LogP contribution in [0.4, 0.5) is 11.6 Å². The molecule has 0 atom stereocenters. The van der Waals surface area contributed by atoms with Crippen molar-refractivity contribution in [1.82, 2.24) is 30.2 Å². The van der Waals surface area contributed by atoms with Gasteiger partial charge < -0.3 is 25.4 Å². The molecule has 0 radical (unpaired) electrons. The Morgan fingerprint density at radius 3 is 2.54 bits per heavy atom. The van der Waals surface area contributed by atoms with Crippen molar-refractivity contribution < 1.29 is 9.59 Å². The van der Waals surface area contributed by atoms with Gasteiger partial charge in [0.25, 0.3) is 5.91 Å². The van der Waals surface area contributed by atoms with Crippen molar-refractivity contribution in [3.8, 4) is 11.4 Å². The third kappa shape index (κ3) is 5.80. The molecular formula is C26H27ClN8O2. The van der Waals surface area contributed by atoms with Crippen LogP contribution in [0.3, 0.4) is 0 Å². The van der Waals surface area contributed by atoms with E-state index < -0.39 is 0 Å². The van der Waals surface area contributed by atoms with E-state index in [4.69, 9.17) is 16.6 Å². The number of carbonyl (C=O) groups excluding carboxylic acids is 2. The SMILES string of the molecule is CC(=O)NCCNc1cc(N2CCN(C(=O)c3ccc4[nH]cnc4c3)CC2)nc(-c2ccc(Cl)cc2)n1. The molecule has 0 spiro atoms. The van der Waals surface area contributed by atoms with Crippen LogP contribution in [0.5, 0.6) is 0 Å². The number of halogens is 1. The van der Waals surface area contributed by atoms with Crippen molar-refractivity contribution in [2.75, 3.05) is 49.5 Å². The number of nitrogens with zero attached hydrogens (tertiary/aromatic N) is 5. The Hall–Kier alpha value is -4.18. The Morgan fingerprint density at radius 1 is 1.00 bits per heavy atom. The second kappa shape index (κ2) is 10.8. The van der Waals surface area contributed by atoms with E-state index in [1.54, 1.807) is 6.33 Å². The predicted octanol–water partition coefficient (Wildman–Crippen LogP) is 3.18. The average molecular weight is 519 g/mol. The Labute approximate surface area is 219 Å². The fourth-order valence-electron chi connectivity index (χ4n) is 4.23. The highest BCUT2D eigenvalue weighted by Crippen LogP contribution is 2.25. The monoisotopic (exact) mass is 518 g/mol. The predicted molar refractivity (Wildman–Crippen MR) is 144 cm³/mol. The van der Waals surface area contributed by atoms with Gasteiger partial charge in [0.1, 0.15) is 11.6 Å². The molecule has 1 aliphatic rings. The molecular weight excluding hydrogens is 492 g/mol. The number of hydrogen-bond acceptors (Lipinski definition) is 7. The number of hydrogen-bond donors (Lipinski definition) is 3. The standard InChI is InChI=1S/C26H27ClN8O2/c1-17(36)28-8-9-29-23-15-24(33-25(32-23)18-2-5-20(27)6-3-18)34-10-12-35(13-11-34)26(37)19-4-7-21-22(14-19)31-16-30-21/h2-7,14-16H,8-13H2,1H3,(H,28,36)(H,30,31)(H,29,32,33). The van der Waals surface area contributed by atoms with E-state index in [2.05, 4.69) is 30.5 Å². The lowest BCUT2D eigenvalue weighted by Gasteiger charge is -2.35. The normalized spacial score (nSPS) is 13.6. The first-order valence-corrected chi connectivity index (χ1v) is 12.4.